The average molecular weight is 356 g/mol. The second-order valence-corrected chi connectivity index (χ2v) is 6.33. The standard InChI is InChI=1S/C13H14BrN3S2/c14-10-4-6-11(7-5-10)17-12(18)15-8-2-1-3-9-16(15)13(17)19/h4-7H,1-3,8-9H2. The van der Waals surface area contributed by atoms with Crippen molar-refractivity contribution in [2.75, 3.05) is 0 Å². The van der Waals surface area contributed by atoms with Crippen LogP contribution in [0.25, 0.3) is 5.69 Å². The second kappa shape index (κ2) is 5.34. The van der Waals surface area contributed by atoms with Gasteiger partial charge in [0.15, 0.2) is 0 Å². The van der Waals surface area contributed by atoms with E-state index >= 15 is 0 Å². The Kier molecular flexibility index (Phi) is 3.73. The molecule has 0 unspecified atom stereocenters. The molecule has 0 fully saturated rings. The molecule has 1 aliphatic rings. The zero-order valence-electron chi connectivity index (χ0n) is 10.4. The quantitative estimate of drug-likeness (QED) is 0.700. The summed E-state index contributed by atoms with van der Waals surface area (Å²) in [6.45, 7) is 1.93. The van der Waals surface area contributed by atoms with Gasteiger partial charge in [-0.3, -0.25) is 13.9 Å². The van der Waals surface area contributed by atoms with Crippen molar-refractivity contribution in [3.05, 3.63) is 38.3 Å². The maximum absolute atomic E-state index is 5.60. The molecule has 100 valence electrons. The monoisotopic (exact) mass is 355 g/mol. The summed E-state index contributed by atoms with van der Waals surface area (Å²) in [4.78, 5) is 0. The van der Waals surface area contributed by atoms with E-state index in [0.29, 0.717) is 0 Å². The molecule has 3 nitrogen and oxygen atoms in total. The Morgan fingerprint density at radius 2 is 1.37 bits per heavy atom. The van der Waals surface area contributed by atoms with Crippen LogP contribution in [0, 0.1) is 9.54 Å². The third kappa shape index (κ3) is 2.37. The van der Waals surface area contributed by atoms with E-state index < -0.39 is 0 Å². The first-order valence-electron chi connectivity index (χ1n) is 6.37. The van der Waals surface area contributed by atoms with Gasteiger partial charge in [0, 0.05) is 17.6 Å². The molecule has 3 rings (SSSR count). The maximum Gasteiger partial charge on any atom is 0.201 e. The number of hydrogen-bond donors (Lipinski definition) is 0. The van der Waals surface area contributed by atoms with Gasteiger partial charge in [-0.1, -0.05) is 15.9 Å². The molecule has 1 aromatic carbocycles. The topological polar surface area (TPSA) is 14.8 Å². The normalized spacial score (nSPS) is 15.0. The summed E-state index contributed by atoms with van der Waals surface area (Å²) >= 11 is 14.7. The molecule has 0 saturated carbocycles. The van der Waals surface area contributed by atoms with Crippen LogP contribution in [0.3, 0.4) is 0 Å². The smallest absolute Gasteiger partial charge is 0.201 e. The van der Waals surface area contributed by atoms with Crippen LogP contribution in [-0.2, 0) is 13.1 Å². The summed E-state index contributed by atoms with van der Waals surface area (Å²) < 4.78 is 8.94. The number of rotatable bonds is 1. The average Bonchev–Trinajstić information content (AvgIpc) is 2.61. The van der Waals surface area contributed by atoms with Crippen molar-refractivity contribution >= 4 is 40.4 Å². The Labute approximate surface area is 130 Å². The molecule has 0 aliphatic carbocycles. The molecule has 0 spiro atoms. The zero-order chi connectivity index (χ0) is 13.4. The minimum atomic E-state index is 0.800. The van der Waals surface area contributed by atoms with Crippen molar-refractivity contribution in [3.63, 3.8) is 0 Å². The zero-order valence-corrected chi connectivity index (χ0v) is 13.6. The first-order chi connectivity index (χ1) is 9.18. The van der Waals surface area contributed by atoms with Crippen LogP contribution in [0.15, 0.2) is 28.7 Å². The lowest BCUT2D eigenvalue weighted by Crippen LogP contribution is -2.10. The van der Waals surface area contributed by atoms with E-state index in [1.807, 2.05) is 28.8 Å². The van der Waals surface area contributed by atoms with Gasteiger partial charge in [-0.25, -0.2) is 0 Å². The van der Waals surface area contributed by atoms with Crippen LogP contribution in [0.5, 0.6) is 0 Å². The summed E-state index contributed by atoms with van der Waals surface area (Å²) in [6, 6.07) is 8.10. The van der Waals surface area contributed by atoms with Gasteiger partial charge in [-0.15, -0.1) is 0 Å². The minimum absolute atomic E-state index is 0.800. The number of benzene rings is 1. The highest BCUT2D eigenvalue weighted by molar-refractivity contribution is 9.10. The molecule has 0 saturated heterocycles. The van der Waals surface area contributed by atoms with Crippen LogP contribution in [0.4, 0.5) is 0 Å². The first kappa shape index (κ1) is 13.3. The first-order valence-corrected chi connectivity index (χ1v) is 7.98. The molecule has 2 heterocycles. The SMILES string of the molecule is S=c1n(-c2ccc(Br)cc2)c(=S)n2n1CCCCC2. The van der Waals surface area contributed by atoms with Crippen molar-refractivity contribution in [1.29, 1.82) is 0 Å². The van der Waals surface area contributed by atoms with Crippen LogP contribution >= 0.6 is 40.4 Å². The van der Waals surface area contributed by atoms with Gasteiger partial charge in [-0.2, -0.15) is 0 Å². The summed E-state index contributed by atoms with van der Waals surface area (Å²) in [6.07, 6.45) is 3.59. The van der Waals surface area contributed by atoms with Crippen LogP contribution in [0.2, 0.25) is 0 Å². The van der Waals surface area contributed by atoms with Gasteiger partial charge >= 0.3 is 0 Å². The third-order valence-electron chi connectivity index (χ3n) is 3.44. The van der Waals surface area contributed by atoms with E-state index in [1.54, 1.807) is 0 Å². The van der Waals surface area contributed by atoms with E-state index in [-0.39, 0.29) is 0 Å². The Balaban J connectivity index is 2.20. The summed E-state index contributed by atoms with van der Waals surface area (Å²) in [5.41, 5.74) is 1.03. The van der Waals surface area contributed by atoms with E-state index in [0.717, 1.165) is 32.8 Å². The fraction of sp³-hybridized carbons (Fsp3) is 0.385. The van der Waals surface area contributed by atoms with Gasteiger partial charge in [0.05, 0.1) is 5.69 Å². The number of aromatic nitrogens is 3. The molecule has 0 N–H and O–H groups in total. The van der Waals surface area contributed by atoms with Crippen molar-refractivity contribution in [1.82, 2.24) is 13.9 Å². The number of hydrogen-bond acceptors (Lipinski definition) is 2. The van der Waals surface area contributed by atoms with E-state index in [9.17, 15) is 0 Å². The molecule has 0 bridgehead atoms. The minimum Gasteiger partial charge on any atom is -0.261 e. The lowest BCUT2D eigenvalue weighted by atomic mass is 10.2. The van der Waals surface area contributed by atoms with Gasteiger partial charge in [-0.05, 0) is 68.0 Å². The molecule has 6 heteroatoms. The Morgan fingerprint density at radius 3 is 1.89 bits per heavy atom. The summed E-state index contributed by atoms with van der Waals surface area (Å²) in [7, 11) is 0. The predicted octanol–water partition coefficient (Wildman–Crippen LogP) is 4.49. The van der Waals surface area contributed by atoms with Crippen molar-refractivity contribution < 1.29 is 0 Å². The number of fused-ring (bicyclic) bond motifs is 1. The Hall–Kier alpha value is -0.720. The lowest BCUT2D eigenvalue weighted by molar-refractivity contribution is 0.479. The molecular formula is C13H14BrN3S2. The highest BCUT2D eigenvalue weighted by Crippen LogP contribution is 2.18. The van der Waals surface area contributed by atoms with Crippen molar-refractivity contribution in [2.24, 2.45) is 0 Å². The fourth-order valence-electron chi connectivity index (χ4n) is 2.46. The highest BCUT2D eigenvalue weighted by atomic mass is 79.9. The summed E-state index contributed by atoms with van der Waals surface area (Å²) in [5.74, 6) is 0. The van der Waals surface area contributed by atoms with Crippen LogP contribution < -0.4 is 0 Å². The number of halogens is 1. The van der Waals surface area contributed by atoms with Gasteiger partial charge in [0.25, 0.3) is 0 Å². The Bertz CT molecular complexity index is 671. The fourth-order valence-corrected chi connectivity index (χ4v) is 3.55. The Morgan fingerprint density at radius 1 is 0.842 bits per heavy atom. The molecule has 0 amide bonds. The van der Waals surface area contributed by atoms with E-state index in [2.05, 4.69) is 25.3 Å². The molecule has 0 atom stereocenters. The van der Waals surface area contributed by atoms with E-state index in [4.69, 9.17) is 24.4 Å². The highest BCUT2D eigenvalue weighted by Gasteiger charge is 2.13. The van der Waals surface area contributed by atoms with Crippen molar-refractivity contribution in [3.8, 4) is 5.69 Å². The lowest BCUT2D eigenvalue weighted by Gasteiger charge is -2.04. The molecule has 19 heavy (non-hydrogen) atoms. The van der Waals surface area contributed by atoms with Gasteiger partial charge < -0.3 is 0 Å². The predicted molar refractivity (Wildman–Crippen MR) is 85.0 cm³/mol. The third-order valence-corrected chi connectivity index (χ3v) is 4.76. The van der Waals surface area contributed by atoms with Gasteiger partial charge in [0.1, 0.15) is 0 Å². The molecular weight excluding hydrogens is 342 g/mol. The van der Waals surface area contributed by atoms with Gasteiger partial charge in [0.2, 0.25) is 9.54 Å². The largest absolute Gasteiger partial charge is 0.261 e. The molecule has 1 aliphatic heterocycles. The molecule has 2 aromatic rings. The number of nitrogens with zero attached hydrogens (tertiary/aromatic N) is 3. The molecule has 1 aromatic heterocycles. The second-order valence-electron chi connectivity index (χ2n) is 4.68. The van der Waals surface area contributed by atoms with Crippen molar-refractivity contribution in [2.45, 2.75) is 32.4 Å². The van der Waals surface area contributed by atoms with Crippen LogP contribution in [0.1, 0.15) is 19.3 Å². The van der Waals surface area contributed by atoms with Crippen LogP contribution in [-0.4, -0.2) is 13.9 Å². The molecule has 0 radical (unpaired) electrons. The maximum atomic E-state index is 5.60. The summed E-state index contributed by atoms with van der Waals surface area (Å²) in [5, 5.41) is 0. The van der Waals surface area contributed by atoms with E-state index in [1.165, 1.54) is 19.3 Å².